The van der Waals surface area contributed by atoms with Crippen molar-refractivity contribution in [3.05, 3.63) is 24.3 Å². The molecule has 0 unspecified atom stereocenters. The minimum Gasteiger partial charge on any atom is -0.326 e. The van der Waals surface area contributed by atoms with Crippen molar-refractivity contribution in [1.29, 1.82) is 0 Å². The van der Waals surface area contributed by atoms with Gasteiger partial charge in [0.2, 0.25) is 11.8 Å². The van der Waals surface area contributed by atoms with Crippen molar-refractivity contribution in [2.45, 2.75) is 32.1 Å². The van der Waals surface area contributed by atoms with Crippen LogP contribution in [0.5, 0.6) is 0 Å². The van der Waals surface area contributed by atoms with Crippen LogP contribution in [0.2, 0.25) is 0 Å². The predicted molar refractivity (Wildman–Crippen MR) is 86.9 cm³/mol. The lowest BCUT2D eigenvalue weighted by Crippen LogP contribution is -2.30. The molecule has 5 nitrogen and oxygen atoms in total. The lowest BCUT2D eigenvalue weighted by Gasteiger charge is -2.22. The van der Waals surface area contributed by atoms with E-state index in [1.807, 2.05) is 24.3 Å². The van der Waals surface area contributed by atoms with E-state index in [4.69, 9.17) is 0 Å². The van der Waals surface area contributed by atoms with E-state index in [0.717, 1.165) is 50.3 Å². The van der Waals surface area contributed by atoms with Crippen molar-refractivity contribution in [3.63, 3.8) is 0 Å². The molecular weight excluding hydrogens is 278 g/mol. The molecule has 0 aromatic heterocycles. The third-order valence-electron chi connectivity index (χ3n) is 4.45. The second-order valence-electron chi connectivity index (χ2n) is 6.14. The first-order chi connectivity index (χ1) is 10.7. The van der Waals surface area contributed by atoms with Crippen LogP contribution in [0.25, 0.3) is 0 Å². The van der Waals surface area contributed by atoms with E-state index < -0.39 is 0 Å². The maximum absolute atomic E-state index is 12.2. The molecule has 0 aliphatic carbocycles. The van der Waals surface area contributed by atoms with Gasteiger partial charge in [0.15, 0.2) is 0 Å². The van der Waals surface area contributed by atoms with Crippen LogP contribution >= 0.6 is 0 Å². The van der Waals surface area contributed by atoms with Gasteiger partial charge in [-0.25, -0.2) is 0 Å². The van der Waals surface area contributed by atoms with Crippen LogP contribution in [0.15, 0.2) is 24.3 Å². The van der Waals surface area contributed by atoms with Gasteiger partial charge >= 0.3 is 0 Å². The first-order valence-electron chi connectivity index (χ1n) is 8.13. The quantitative estimate of drug-likeness (QED) is 0.895. The summed E-state index contributed by atoms with van der Waals surface area (Å²) in [6.07, 6.45) is 4.23. The fourth-order valence-electron chi connectivity index (χ4n) is 3.23. The molecule has 118 valence electrons. The summed E-state index contributed by atoms with van der Waals surface area (Å²) in [6.45, 7) is 2.78. The third-order valence-corrected chi connectivity index (χ3v) is 4.45. The Bertz CT molecular complexity index is 553. The molecule has 2 heterocycles. The fourth-order valence-corrected chi connectivity index (χ4v) is 3.23. The highest BCUT2D eigenvalue weighted by molar-refractivity contribution is 5.97. The van der Waals surface area contributed by atoms with Gasteiger partial charge in [-0.3, -0.25) is 9.59 Å². The van der Waals surface area contributed by atoms with Gasteiger partial charge in [0, 0.05) is 30.8 Å². The van der Waals surface area contributed by atoms with Crippen molar-refractivity contribution in [3.8, 4) is 0 Å². The summed E-state index contributed by atoms with van der Waals surface area (Å²) in [4.78, 5) is 25.8. The number of carbonyl (C=O) groups excluding carboxylic acids is 2. The molecule has 0 spiro atoms. The molecular formula is C17H23N3O2. The summed E-state index contributed by atoms with van der Waals surface area (Å²) >= 11 is 0. The number of benzene rings is 1. The lowest BCUT2D eigenvalue weighted by molar-refractivity contribution is -0.117. The van der Waals surface area contributed by atoms with Crippen LogP contribution < -0.4 is 15.5 Å². The smallest absolute Gasteiger partial charge is 0.227 e. The first-order valence-corrected chi connectivity index (χ1v) is 8.13. The number of carbonyl (C=O) groups is 2. The second kappa shape index (κ2) is 6.92. The zero-order chi connectivity index (χ0) is 15.4. The molecule has 2 aliphatic heterocycles. The van der Waals surface area contributed by atoms with Crippen molar-refractivity contribution in [2.75, 3.05) is 29.9 Å². The molecule has 2 N–H and O–H groups in total. The zero-order valence-electron chi connectivity index (χ0n) is 12.8. The number of nitrogens with zero attached hydrogens (tertiary/aromatic N) is 1. The van der Waals surface area contributed by atoms with Crippen LogP contribution in [0.3, 0.4) is 0 Å². The number of anilines is 2. The van der Waals surface area contributed by atoms with Gasteiger partial charge in [0.25, 0.3) is 0 Å². The zero-order valence-corrected chi connectivity index (χ0v) is 12.8. The van der Waals surface area contributed by atoms with Gasteiger partial charge in [-0.1, -0.05) is 6.07 Å². The molecule has 5 heteroatoms. The highest BCUT2D eigenvalue weighted by Gasteiger charge is 2.22. The predicted octanol–water partition coefficient (Wildman–Crippen LogP) is 2.14. The van der Waals surface area contributed by atoms with Gasteiger partial charge < -0.3 is 15.5 Å². The Morgan fingerprint density at radius 1 is 1.32 bits per heavy atom. The average Bonchev–Trinajstić information content (AvgIpc) is 2.94. The number of piperidine rings is 1. The molecule has 0 saturated carbocycles. The Morgan fingerprint density at radius 3 is 2.86 bits per heavy atom. The van der Waals surface area contributed by atoms with Crippen molar-refractivity contribution < 1.29 is 9.59 Å². The molecule has 1 aromatic rings. The Labute approximate surface area is 131 Å². The fraction of sp³-hybridized carbons (Fsp3) is 0.529. The number of rotatable bonds is 4. The lowest BCUT2D eigenvalue weighted by atomic mass is 9.94. The molecule has 1 aromatic carbocycles. The number of hydrogen-bond acceptors (Lipinski definition) is 3. The van der Waals surface area contributed by atoms with Gasteiger partial charge in [-0.15, -0.1) is 0 Å². The van der Waals surface area contributed by atoms with E-state index in [9.17, 15) is 9.59 Å². The van der Waals surface area contributed by atoms with E-state index in [0.29, 0.717) is 18.8 Å². The van der Waals surface area contributed by atoms with Gasteiger partial charge in [-0.2, -0.15) is 0 Å². The van der Waals surface area contributed by atoms with Crippen LogP contribution in [0.1, 0.15) is 32.1 Å². The number of amides is 2. The molecule has 2 saturated heterocycles. The first kappa shape index (κ1) is 15.0. The summed E-state index contributed by atoms with van der Waals surface area (Å²) < 4.78 is 0. The van der Waals surface area contributed by atoms with Gasteiger partial charge in [0.05, 0.1) is 0 Å². The third kappa shape index (κ3) is 3.65. The molecule has 22 heavy (non-hydrogen) atoms. The normalized spacial score (nSPS) is 19.5. The molecule has 0 bridgehead atoms. The van der Waals surface area contributed by atoms with E-state index in [1.54, 1.807) is 4.90 Å². The molecule has 3 rings (SSSR count). The number of nitrogens with one attached hydrogen (secondary N) is 2. The van der Waals surface area contributed by atoms with E-state index in [1.165, 1.54) is 0 Å². The summed E-state index contributed by atoms with van der Waals surface area (Å²) in [6, 6.07) is 7.58. The maximum atomic E-state index is 12.2. The van der Waals surface area contributed by atoms with Crippen LogP contribution in [0, 0.1) is 5.92 Å². The number of hydrogen-bond donors (Lipinski definition) is 2. The molecule has 2 fully saturated rings. The summed E-state index contributed by atoms with van der Waals surface area (Å²) in [7, 11) is 0. The highest BCUT2D eigenvalue weighted by atomic mass is 16.2. The minimum atomic E-state index is 0.0665. The average molecular weight is 301 g/mol. The largest absolute Gasteiger partial charge is 0.326 e. The van der Waals surface area contributed by atoms with Crippen LogP contribution in [0.4, 0.5) is 11.4 Å². The van der Waals surface area contributed by atoms with E-state index in [-0.39, 0.29) is 11.8 Å². The van der Waals surface area contributed by atoms with Crippen LogP contribution in [-0.4, -0.2) is 31.4 Å². The van der Waals surface area contributed by atoms with Crippen molar-refractivity contribution in [1.82, 2.24) is 5.32 Å². The Balaban J connectivity index is 1.60. The molecule has 2 amide bonds. The minimum absolute atomic E-state index is 0.0665. The topological polar surface area (TPSA) is 61.4 Å². The van der Waals surface area contributed by atoms with Crippen molar-refractivity contribution in [2.24, 2.45) is 5.92 Å². The summed E-state index contributed by atoms with van der Waals surface area (Å²) in [5, 5.41) is 6.28. The highest BCUT2D eigenvalue weighted by Crippen LogP contribution is 2.25. The monoisotopic (exact) mass is 301 g/mol. The SMILES string of the molecule is O=C(CC1CCNCC1)Nc1cccc(N2CCCC2=O)c1. The van der Waals surface area contributed by atoms with Gasteiger partial charge in [0.1, 0.15) is 0 Å². The van der Waals surface area contributed by atoms with Crippen molar-refractivity contribution >= 4 is 23.2 Å². The maximum Gasteiger partial charge on any atom is 0.227 e. The van der Waals surface area contributed by atoms with E-state index in [2.05, 4.69) is 10.6 Å². The second-order valence-corrected chi connectivity index (χ2v) is 6.14. The Kier molecular flexibility index (Phi) is 4.73. The molecule has 2 aliphatic rings. The van der Waals surface area contributed by atoms with Crippen LogP contribution in [-0.2, 0) is 9.59 Å². The molecule has 0 atom stereocenters. The van der Waals surface area contributed by atoms with E-state index >= 15 is 0 Å². The Morgan fingerprint density at radius 2 is 2.14 bits per heavy atom. The Hall–Kier alpha value is -1.88. The molecule has 0 radical (unpaired) electrons. The summed E-state index contributed by atoms with van der Waals surface area (Å²) in [5.74, 6) is 0.708. The van der Waals surface area contributed by atoms with Gasteiger partial charge in [-0.05, 0) is 56.5 Å². The standard InChI is InChI=1S/C17H23N3O2/c21-16(11-13-6-8-18-9-7-13)19-14-3-1-4-15(12-14)20-10-2-5-17(20)22/h1,3-4,12-13,18H,2,5-11H2,(H,19,21). The summed E-state index contributed by atoms with van der Waals surface area (Å²) in [5.41, 5.74) is 1.65.